The molecule has 0 aliphatic carbocycles. The third-order valence-corrected chi connectivity index (χ3v) is 5.36. The summed E-state index contributed by atoms with van der Waals surface area (Å²) < 4.78 is 24.4. The molecule has 8 heteroatoms. The maximum absolute atomic E-state index is 12.1. The van der Waals surface area contributed by atoms with Gasteiger partial charge in [0.15, 0.2) is 0 Å². The second-order valence-electron chi connectivity index (χ2n) is 6.23. The van der Waals surface area contributed by atoms with Gasteiger partial charge in [-0.2, -0.15) is 4.31 Å². The van der Waals surface area contributed by atoms with Crippen molar-refractivity contribution in [2.75, 3.05) is 62.8 Å². The lowest BCUT2D eigenvalue weighted by Crippen LogP contribution is -2.44. The molecule has 1 aliphatic rings. The molecule has 25 heavy (non-hydrogen) atoms. The first-order chi connectivity index (χ1) is 11.8. The van der Waals surface area contributed by atoms with Crippen molar-refractivity contribution < 1.29 is 13.2 Å². The monoisotopic (exact) mass is 366 g/mol. The molecule has 138 valence electrons. The van der Waals surface area contributed by atoms with Crippen molar-refractivity contribution in [2.24, 2.45) is 0 Å². The summed E-state index contributed by atoms with van der Waals surface area (Å²) in [6.07, 6.45) is 2.54. The number of carbonyl (C=O) groups excluding carboxylic acids is 1. The van der Waals surface area contributed by atoms with Gasteiger partial charge in [0.1, 0.15) is 0 Å². The Balaban J connectivity index is 1.94. The highest BCUT2D eigenvalue weighted by molar-refractivity contribution is 7.88. The van der Waals surface area contributed by atoms with Crippen molar-refractivity contribution >= 4 is 27.3 Å². The first kappa shape index (κ1) is 19.4. The predicted molar refractivity (Wildman–Crippen MR) is 101 cm³/mol. The number of hydrogen-bond acceptors (Lipinski definition) is 5. The molecule has 0 aromatic heterocycles. The van der Waals surface area contributed by atoms with Gasteiger partial charge in [0.25, 0.3) is 0 Å². The number of nitrogens with zero attached hydrogens (tertiary/aromatic N) is 3. The van der Waals surface area contributed by atoms with Crippen LogP contribution in [0.25, 0.3) is 0 Å². The van der Waals surface area contributed by atoms with Gasteiger partial charge in [0, 0.05) is 44.1 Å². The maximum Gasteiger partial charge on any atom is 0.239 e. The number of anilines is 2. The Kier molecular flexibility index (Phi) is 6.57. The zero-order chi connectivity index (χ0) is 18.4. The lowest BCUT2D eigenvalue weighted by atomic mass is 10.2. The molecule has 1 saturated heterocycles. The van der Waals surface area contributed by atoms with E-state index < -0.39 is 10.0 Å². The van der Waals surface area contributed by atoms with Gasteiger partial charge in [-0.05, 0) is 31.3 Å². The quantitative estimate of drug-likeness (QED) is 0.724. The van der Waals surface area contributed by atoms with Crippen LogP contribution in [0.3, 0.4) is 0 Å². The van der Waals surface area contributed by atoms with E-state index in [-0.39, 0.29) is 19.0 Å². The largest absolute Gasteiger partial charge is 0.369 e. The summed E-state index contributed by atoms with van der Waals surface area (Å²) in [7, 11) is -1.34. The molecule has 0 saturated carbocycles. The molecule has 0 unspecified atom stereocenters. The Morgan fingerprint density at radius 1 is 1.24 bits per heavy atom. The molecule has 1 aromatic carbocycles. The van der Waals surface area contributed by atoms with Crippen LogP contribution in [0, 0.1) is 0 Å². The number of carbonyl (C=O) groups is 1. The molecule has 1 N–H and O–H groups in total. The number of nitrogens with one attached hydrogen (secondary N) is 1. The first-order valence-electron chi connectivity index (χ1n) is 8.19. The molecule has 0 radical (unpaired) electrons. The van der Waals surface area contributed by atoms with Gasteiger partial charge in [0.2, 0.25) is 15.9 Å². The first-order valence-corrected chi connectivity index (χ1v) is 10.0. The Labute approximate surface area is 150 Å². The third kappa shape index (κ3) is 5.84. The molecule has 1 aromatic rings. The molecule has 1 aliphatic heterocycles. The van der Waals surface area contributed by atoms with Crippen LogP contribution in [0.4, 0.5) is 11.4 Å². The van der Waals surface area contributed by atoms with Crippen LogP contribution >= 0.6 is 0 Å². The van der Waals surface area contributed by atoms with Crippen molar-refractivity contribution in [3.63, 3.8) is 0 Å². The van der Waals surface area contributed by atoms with Crippen LogP contribution in [-0.4, -0.2) is 76.1 Å². The Bertz CT molecular complexity index is 695. The molecule has 1 heterocycles. The number of benzene rings is 1. The summed E-state index contributed by atoms with van der Waals surface area (Å²) in [4.78, 5) is 16.7. The second kappa shape index (κ2) is 8.46. The fourth-order valence-corrected chi connectivity index (χ4v) is 3.37. The minimum absolute atomic E-state index is 0.106. The number of sulfonamides is 1. The standard InChI is InChI=1S/C17H26N4O3S/c1-4-9-21(25(3,23)24)14-17(22)18-15-5-7-16(8-6-15)20-12-10-19(2)11-13-20/h4-8H,1,9-14H2,2-3H3,(H,18,22). The number of rotatable bonds is 7. The Hall–Kier alpha value is -1.90. The van der Waals surface area contributed by atoms with Crippen molar-refractivity contribution in [3.8, 4) is 0 Å². The molecule has 1 amide bonds. The molecular formula is C17H26N4O3S. The van der Waals surface area contributed by atoms with E-state index in [4.69, 9.17) is 0 Å². The van der Waals surface area contributed by atoms with E-state index in [1.54, 1.807) is 0 Å². The smallest absolute Gasteiger partial charge is 0.239 e. The average molecular weight is 366 g/mol. The zero-order valence-electron chi connectivity index (χ0n) is 14.8. The van der Waals surface area contributed by atoms with E-state index in [1.807, 2.05) is 24.3 Å². The van der Waals surface area contributed by atoms with E-state index >= 15 is 0 Å². The number of amides is 1. The van der Waals surface area contributed by atoms with E-state index in [0.29, 0.717) is 5.69 Å². The summed E-state index contributed by atoms with van der Waals surface area (Å²) in [6, 6.07) is 7.62. The molecule has 0 atom stereocenters. The number of hydrogen-bond donors (Lipinski definition) is 1. The van der Waals surface area contributed by atoms with Crippen LogP contribution in [0.1, 0.15) is 0 Å². The predicted octanol–water partition coefficient (Wildman–Crippen LogP) is 0.825. The van der Waals surface area contributed by atoms with Crippen molar-refractivity contribution in [3.05, 3.63) is 36.9 Å². The van der Waals surface area contributed by atoms with Gasteiger partial charge >= 0.3 is 0 Å². The summed E-state index contributed by atoms with van der Waals surface area (Å²) in [5.74, 6) is -0.375. The van der Waals surface area contributed by atoms with Crippen LogP contribution in [-0.2, 0) is 14.8 Å². The van der Waals surface area contributed by atoms with E-state index in [2.05, 4.69) is 28.7 Å². The molecule has 1 fully saturated rings. The van der Waals surface area contributed by atoms with Gasteiger partial charge < -0.3 is 15.1 Å². The minimum atomic E-state index is -3.45. The SMILES string of the molecule is C=CCN(CC(=O)Nc1ccc(N2CCN(C)CC2)cc1)S(C)(=O)=O. The van der Waals surface area contributed by atoms with E-state index in [1.165, 1.54) is 6.08 Å². The summed E-state index contributed by atoms with van der Waals surface area (Å²) in [5.41, 5.74) is 1.77. The second-order valence-corrected chi connectivity index (χ2v) is 8.21. The van der Waals surface area contributed by atoms with Crippen molar-refractivity contribution in [1.82, 2.24) is 9.21 Å². The molecule has 0 bridgehead atoms. The van der Waals surface area contributed by atoms with Crippen LogP contribution in [0.5, 0.6) is 0 Å². The van der Waals surface area contributed by atoms with E-state index in [0.717, 1.165) is 42.4 Å². The van der Waals surface area contributed by atoms with Crippen molar-refractivity contribution in [2.45, 2.75) is 0 Å². The fourth-order valence-electron chi connectivity index (χ4n) is 2.64. The minimum Gasteiger partial charge on any atom is -0.369 e. The summed E-state index contributed by atoms with van der Waals surface area (Å²) >= 11 is 0. The summed E-state index contributed by atoms with van der Waals surface area (Å²) in [5, 5.41) is 2.73. The van der Waals surface area contributed by atoms with Gasteiger partial charge in [0.05, 0.1) is 12.8 Å². The highest BCUT2D eigenvalue weighted by Crippen LogP contribution is 2.19. The van der Waals surface area contributed by atoms with Crippen molar-refractivity contribution in [1.29, 1.82) is 0 Å². The Morgan fingerprint density at radius 2 is 1.84 bits per heavy atom. The average Bonchev–Trinajstić information content (AvgIpc) is 2.55. The number of likely N-dealkylation sites (N-methyl/N-ethyl adjacent to an activating group) is 1. The maximum atomic E-state index is 12.1. The van der Waals surface area contributed by atoms with Crippen LogP contribution in [0.2, 0.25) is 0 Å². The van der Waals surface area contributed by atoms with Gasteiger partial charge in [-0.25, -0.2) is 8.42 Å². The molecule has 0 spiro atoms. The van der Waals surface area contributed by atoms with Gasteiger partial charge in [-0.3, -0.25) is 4.79 Å². The zero-order valence-corrected chi connectivity index (χ0v) is 15.6. The Morgan fingerprint density at radius 3 is 2.36 bits per heavy atom. The lowest BCUT2D eigenvalue weighted by Gasteiger charge is -2.34. The highest BCUT2D eigenvalue weighted by Gasteiger charge is 2.19. The molecule has 7 nitrogen and oxygen atoms in total. The number of piperazine rings is 1. The normalized spacial score (nSPS) is 16.0. The lowest BCUT2D eigenvalue weighted by molar-refractivity contribution is -0.116. The van der Waals surface area contributed by atoms with Crippen LogP contribution in [0.15, 0.2) is 36.9 Å². The molecule has 2 rings (SSSR count). The van der Waals surface area contributed by atoms with Crippen LogP contribution < -0.4 is 10.2 Å². The highest BCUT2D eigenvalue weighted by atomic mass is 32.2. The van der Waals surface area contributed by atoms with Gasteiger partial charge in [-0.1, -0.05) is 6.08 Å². The topological polar surface area (TPSA) is 73.0 Å². The molecular weight excluding hydrogens is 340 g/mol. The van der Waals surface area contributed by atoms with Gasteiger partial charge in [-0.15, -0.1) is 6.58 Å². The third-order valence-electron chi connectivity index (χ3n) is 4.14. The fraction of sp³-hybridized carbons (Fsp3) is 0.471. The summed E-state index contributed by atoms with van der Waals surface area (Å²) in [6.45, 7) is 7.41. The van der Waals surface area contributed by atoms with E-state index in [9.17, 15) is 13.2 Å².